The van der Waals surface area contributed by atoms with Crippen LogP contribution in [0, 0.1) is 11.8 Å². The van der Waals surface area contributed by atoms with E-state index >= 15 is 0 Å². The first-order valence-corrected chi connectivity index (χ1v) is 8.76. The first-order chi connectivity index (χ1) is 12.3. The van der Waals surface area contributed by atoms with E-state index in [1.807, 2.05) is 13.8 Å². The van der Waals surface area contributed by atoms with Crippen molar-refractivity contribution in [2.45, 2.75) is 20.3 Å². The highest BCUT2D eigenvalue weighted by molar-refractivity contribution is 6.31. The van der Waals surface area contributed by atoms with E-state index in [2.05, 4.69) is 5.32 Å². The number of carbonyl (C=O) groups is 3. The average molecular weight is 383 g/mol. The van der Waals surface area contributed by atoms with Gasteiger partial charge in [-0.15, -0.1) is 0 Å². The molecule has 0 spiro atoms. The van der Waals surface area contributed by atoms with E-state index in [1.54, 1.807) is 18.2 Å². The van der Waals surface area contributed by atoms with Crippen LogP contribution >= 0.6 is 11.6 Å². The first-order valence-electron chi connectivity index (χ1n) is 8.39. The molecule has 1 aromatic rings. The lowest BCUT2D eigenvalue weighted by atomic mass is 10.1. The maximum Gasteiger partial charge on any atom is 0.311 e. The van der Waals surface area contributed by atoms with Crippen LogP contribution in [0.15, 0.2) is 18.2 Å². The highest BCUT2D eigenvalue weighted by Crippen LogP contribution is 2.35. The maximum atomic E-state index is 12.3. The average Bonchev–Trinajstić information content (AvgIpc) is 2.99. The van der Waals surface area contributed by atoms with Crippen molar-refractivity contribution in [1.29, 1.82) is 0 Å². The van der Waals surface area contributed by atoms with E-state index in [0.29, 0.717) is 28.9 Å². The number of rotatable bonds is 7. The lowest BCUT2D eigenvalue weighted by molar-refractivity contribution is -0.152. The molecule has 0 bridgehead atoms. The Bertz CT molecular complexity index is 692. The normalized spacial score (nSPS) is 16.7. The summed E-state index contributed by atoms with van der Waals surface area (Å²) in [4.78, 5) is 37.6. The van der Waals surface area contributed by atoms with E-state index in [9.17, 15) is 14.4 Å². The monoisotopic (exact) mass is 382 g/mol. The minimum Gasteiger partial charge on any atom is -0.495 e. The molecular weight excluding hydrogens is 360 g/mol. The summed E-state index contributed by atoms with van der Waals surface area (Å²) in [6, 6.07) is 4.94. The van der Waals surface area contributed by atoms with Gasteiger partial charge in [0.1, 0.15) is 5.75 Å². The molecule has 7 nitrogen and oxygen atoms in total. The van der Waals surface area contributed by atoms with Gasteiger partial charge < -0.3 is 19.7 Å². The van der Waals surface area contributed by atoms with Gasteiger partial charge in [0.05, 0.1) is 18.7 Å². The van der Waals surface area contributed by atoms with Crippen molar-refractivity contribution in [2.75, 3.05) is 31.7 Å². The molecule has 2 rings (SSSR count). The molecule has 1 atom stereocenters. The zero-order chi connectivity index (χ0) is 19.3. The second-order valence-corrected chi connectivity index (χ2v) is 6.96. The quantitative estimate of drug-likeness (QED) is 0.729. The van der Waals surface area contributed by atoms with E-state index in [0.717, 1.165) is 0 Å². The Kier molecular flexibility index (Phi) is 6.85. The predicted octanol–water partition coefficient (Wildman–Crippen LogP) is 2.02. The van der Waals surface area contributed by atoms with Crippen molar-refractivity contribution in [1.82, 2.24) is 5.32 Å². The third-order valence-electron chi connectivity index (χ3n) is 3.94. The maximum absolute atomic E-state index is 12.3. The summed E-state index contributed by atoms with van der Waals surface area (Å²) < 4.78 is 10.3. The molecule has 0 aliphatic carbocycles. The summed E-state index contributed by atoms with van der Waals surface area (Å²) in [5.74, 6) is -0.986. The highest BCUT2D eigenvalue weighted by atomic mass is 35.5. The number of anilines is 1. The highest BCUT2D eigenvalue weighted by Gasteiger charge is 2.37. The van der Waals surface area contributed by atoms with Gasteiger partial charge in [-0.05, 0) is 24.1 Å². The fourth-order valence-electron chi connectivity index (χ4n) is 2.60. The summed E-state index contributed by atoms with van der Waals surface area (Å²) in [6.07, 6.45) is 0.0160. The number of carbonyl (C=O) groups excluding carboxylic acids is 3. The van der Waals surface area contributed by atoms with Crippen LogP contribution in [0.25, 0.3) is 0 Å². The number of halogens is 1. The Balaban J connectivity index is 1.96. The smallest absolute Gasteiger partial charge is 0.311 e. The molecule has 0 unspecified atom stereocenters. The fraction of sp³-hybridized carbons (Fsp3) is 0.500. The number of amides is 2. The topological polar surface area (TPSA) is 84.9 Å². The first kappa shape index (κ1) is 20.0. The van der Waals surface area contributed by atoms with E-state index in [1.165, 1.54) is 12.0 Å². The van der Waals surface area contributed by atoms with Gasteiger partial charge in [0, 0.05) is 24.5 Å². The molecule has 8 heteroatoms. The number of benzene rings is 1. The number of nitrogens with one attached hydrogen (secondary N) is 1. The van der Waals surface area contributed by atoms with Crippen LogP contribution in [0.4, 0.5) is 5.69 Å². The van der Waals surface area contributed by atoms with E-state index in [-0.39, 0.29) is 31.4 Å². The Morgan fingerprint density at radius 1 is 1.38 bits per heavy atom. The molecule has 1 saturated heterocycles. The molecular formula is C18H23ClN2O5. The van der Waals surface area contributed by atoms with Gasteiger partial charge in [0.25, 0.3) is 5.91 Å². The van der Waals surface area contributed by atoms with Gasteiger partial charge in [-0.2, -0.15) is 0 Å². The van der Waals surface area contributed by atoms with E-state index in [4.69, 9.17) is 21.1 Å². The van der Waals surface area contributed by atoms with Crippen molar-refractivity contribution in [2.24, 2.45) is 11.8 Å². The molecule has 1 heterocycles. The zero-order valence-electron chi connectivity index (χ0n) is 15.1. The summed E-state index contributed by atoms with van der Waals surface area (Å²) in [7, 11) is 1.49. The number of esters is 1. The summed E-state index contributed by atoms with van der Waals surface area (Å²) in [5.41, 5.74) is 0.509. The third-order valence-corrected chi connectivity index (χ3v) is 4.18. The Morgan fingerprint density at radius 2 is 2.12 bits per heavy atom. The van der Waals surface area contributed by atoms with Crippen LogP contribution in [0.2, 0.25) is 5.02 Å². The van der Waals surface area contributed by atoms with Crippen molar-refractivity contribution in [3.05, 3.63) is 23.2 Å². The molecule has 1 aliphatic rings. The summed E-state index contributed by atoms with van der Waals surface area (Å²) in [6.45, 7) is 4.25. The Morgan fingerprint density at radius 3 is 2.77 bits per heavy atom. The summed E-state index contributed by atoms with van der Waals surface area (Å²) >= 11 is 6.01. The lowest BCUT2D eigenvalue weighted by Crippen LogP contribution is -2.33. The molecule has 26 heavy (non-hydrogen) atoms. The number of nitrogens with zero attached hydrogens (tertiary/aromatic N) is 1. The fourth-order valence-corrected chi connectivity index (χ4v) is 2.76. The van der Waals surface area contributed by atoms with Gasteiger partial charge >= 0.3 is 5.97 Å². The number of methoxy groups -OCH3 is 1. The van der Waals surface area contributed by atoms with Crippen LogP contribution in [0.3, 0.4) is 0 Å². The molecule has 0 aromatic heterocycles. The predicted molar refractivity (Wildman–Crippen MR) is 97.3 cm³/mol. The minimum absolute atomic E-state index is 0.0160. The molecule has 2 amide bonds. The van der Waals surface area contributed by atoms with Gasteiger partial charge in [-0.25, -0.2) is 0 Å². The SMILES string of the molecule is COc1ccc(Cl)cc1N1C[C@H](C(=O)OCC(=O)NCC(C)C)CC1=O. The van der Waals surface area contributed by atoms with Crippen LogP contribution in [0.1, 0.15) is 20.3 Å². The number of ether oxygens (including phenoxy) is 2. The Labute approximate surface area is 157 Å². The second kappa shape index (κ2) is 8.89. The molecule has 1 aliphatic heterocycles. The van der Waals surface area contributed by atoms with Crippen molar-refractivity contribution < 1.29 is 23.9 Å². The van der Waals surface area contributed by atoms with Crippen LogP contribution < -0.4 is 15.0 Å². The zero-order valence-corrected chi connectivity index (χ0v) is 15.8. The van der Waals surface area contributed by atoms with Crippen LogP contribution in [-0.4, -0.2) is 44.6 Å². The summed E-state index contributed by atoms with van der Waals surface area (Å²) in [5, 5.41) is 3.13. The van der Waals surface area contributed by atoms with Crippen LogP contribution in [-0.2, 0) is 19.1 Å². The molecule has 1 aromatic carbocycles. The van der Waals surface area contributed by atoms with Gasteiger partial charge in [-0.3, -0.25) is 14.4 Å². The van der Waals surface area contributed by atoms with Gasteiger partial charge in [0.15, 0.2) is 6.61 Å². The standard InChI is InChI=1S/C18H23ClN2O5/c1-11(2)8-20-16(22)10-26-18(24)12-6-17(23)21(9-12)14-7-13(19)4-5-15(14)25-3/h4-5,7,11-12H,6,8-10H2,1-3H3,(H,20,22)/t12-/m1/s1. The molecule has 142 valence electrons. The Hall–Kier alpha value is -2.28. The largest absolute Gasteiger partial charge is 0.495 e. The molecule has 1 fully saturated rings. The van der Waals surface area contributed by atoms with Gasteiger partial charge in [-0.1, -0.05) is 25.4 Å². The number of hydrogen-bond donors (Lipinski definition) is 1. The third kappa shape index (κ3) is 5.11. The lowest BCUT2D eigenvalue weighted by Gasteiger charge is -2.19. The van der Waals surface area contributed by atoms with Gasteiger partial charge in [0.2, 0.25) is 5.91 Å². The van der Waals surface area contributed by atoms with Crippen molar-refractivity contribution in [3.8, 4) is 5.75 Å². The van der Waals surface area contributed by atoms with E-state index < -0.39 is 11.9 Å². The number of hydrogen-bond acceptors (Lipinski definition) is 5. The molecule has 0 saturated carbocycles. The van der Waals surface area contributed by atoms with Crippen molar-refractivity contribution in [3.63, 3.8) is 0 Å². The van der Waals surface area contributed by atoms with Crippen LogP contribution in [0.5, 0.6) is 5.75 Å². The molecule has 0 radical (unpaired) electrons. The minimum atomic E-state index is -0.635. The van der Waals surface area contributed by atoms with Crippen molar-refractivity contribution >= 4 is 35.1 Å². The second-order valence-electron chi connectivity index (χ2n) is 6.53. The molecule has 1 N–H and O–H groups in total.